The van der Waals surface area contributed by atoms with Crippen molar-refractivity contribution in [1.82, 2.24) is 0 Å². The number of rotatable bonds is 5. The summed E-state index contributed by atoms with van der Waals surface area (Å²) < 4.78 is 4.70. The second-order valence-electron chi connectivity index (χ2n) is 1.97. The Hall–Kier alpha value is -1.02. The van der Waals surface area contributed by atoms with Gasteiger partial charge in [-0.1, -0.05) is 31.4 Å². The maximum Gasteiger partial charge on any atom is 0.337 e. The summed E-state index contributed by atoms with van der Waals surface area (Å²) in [5, 5.41) is 0. The smallest absolute Gasteiger partial charge is 0.337 e. The van der Waals surface area contributed by atoms with Gasteiger partial charge in [-0.3, -0.25) is 0 Å². The number of carbonyl (C=O) groups excluding carboxylic acids is 1. The predicted octanol–water partition coefficient (Wildman–Crippen LogP) is 2.07. The molecule has 0 amide bonds. The average Bonchev–Trinajstić information content (AvgIpc) is 2.10. The molecule has 0 rings (SSSR count). The van der Waals surface area contributed by atoms with Crippen LogP contribution in [0.25, 0.3) is 0 Å². The van der Waals surface area contributed by atoms with Crippen LogP contribution in [0.1, 0.15) is 0 Å². The highest BCUT2D eigenvalue weighted by Crippen LogP contribution is 1.97. The van der Waals surface area contributed by atoms with Crippen LogP contribution in [0.2, 0.25) is 0 Å². The van der Waals surface area contributed by atoms with E-state index in [-0.39, 0.29) is 12.2 Å². The van der Waals surface area contributed by atoms with E-state index >= 15 is 0 Å². The summed E-state index contributed by atoms with van der Waals surface area (Å²) in [4.78, 5) is 10.9. The minimum Gasteiger partial charge on any atom is -0.458 e. The van der Waals surface area contributed by atoms with Gasteiger partial charge >= 0.3 is 5.97 Å². The molecule has 0 spiro atoms. The Balaban J connectivity index is 3.85. The van der Waals surface area contributed by atoms with Crippen molar-refractivity contribution in [3.05, 3.63) is 37.0 Å². The summed E-state index contributed by atoms with van der Waals surface area (Å²) in [5.74, 6) is -0.0930. The fourth-order valence-electron chi connectivity index (χ4n) is 0.482. The Morgan fingerprint density at radius 2 is 2.25 bits per heavy atom. The van der Waals surface area contributed by atoms with E-state index in [0.717, 1.165) is 0 Å². The van der Waals surface area contributed by atoms with Crippen LogP contribution in [0, 0.1) is 0 Å². The van der Waals surface area contributed by atoms with E-state index < -0.39 is 5.97 Å². The summed E-state index contributed by atoms with van der Waals surface area (Å²) in [5.41, 5.74) is 0.289. The Kier molecular flexibility index (Phi) is 6.11. The van der Waals surface area contributed by atoms with E-state index in [1.165, 1.54) is 12.2 Å². The second-order valence-corrected chi connectivity index (χ2v) is 2.28. The highest BCUT2D eigenvalue weighted by molar-refractivity contribution is 6.19. The topological polar surface area (TPSA) is 26.3 Å². The lowest BCUT2D eigenvalue weighted by molar-refractivity contribution is -0.137. The molecule has 0 aliphatic carbocycles. The first-order valence-electron chi connectivity index (χ1n) is 3.41. The molecule has 0 unspecified atom stereocenters. The molecular weight excluding hydrogens is 176 g/mol. The molecule has 0 bridgehead atoms. The van der Waals surface area contributed by atoms with Gasteiger partial charge in [0.25, 0.3) is 0 Å². The van der Waals surface area contributed by atoms with Gasteiger partial charge in [0.2, 0.25) is 0 Å². The zero-order valence-corrected chi connectivity index (χ0v) is 7.51. The van der Waals surface area contributed by atoms with Gasteiger partial charge in [0.15, 0.2) is 0 Å². The summed E-state index contributed by atoms with van der Waals surface area (Å²) >= 11 is 5.36. The first kappa shape index (κ1) is 11.0. The van der Waals surface area contributed by atoms with Crippen molar-refractivity contribution in [3.8, 4) is 0 Å². The van der Waals surface area contributed by atoms with Gasteiger partial charge in [0, 0.05) is 5.88 Å². The third-order valence-corrected chi connectivity index (χ3v) is 1.18. The minimum absolute atomic E-state index is 0.201. The number of esters is 1. The molecule has 0 aliphatic rings. The van der Waals surface area contributed by atoms with Crippen LogP contribution < -0.4 is 0 Å². The zero-order chi connectivity index (χ0) is 9.40. The number of alkyl halides is 1. The largest absolute Gasteiger partial charge is 0.458 e. The lowest BCUT2D eigenvalue weighted by Gasteiger charge is -1.99. The fourth-order valence-corrected chi connectivity index (χ4v) is 0.571. The van der Waals surface area contributed by atoms with Crippen LogP contribution >= 0.6 is 11.6 Å². The van der Waals surface area contributed by atoms with Crippen molar-refractivity contribution in [1.29, 1.82) is 0 Å². The van der Waals surface area contributed by atoms with E-state index in [4.69, 9.17) is 16.3 Å². The number of hydrogen-bond donors (Lipinski definition) is 0. The van der Waals surface area contributed by atoms with Crippen LogP contribution in [0.15, 0.2) is 37.0 Å². The first-order valence-corrected chi connectivity index (χ1v) is 3.95. The van der Waals surface area contributed by atoms with Crippen LogP contribution in [-0.2, 0) is 9.53 Å². The van der Waals surface area contributed by atoms with Crippen molar-refractivity contribution in [2.75, 3.05) is 12.5 Å². The van der Waals surface area contributed by atoms with Crippen molar-refractivity contribution in [3.63, 3.8) is 0 Å². The molecule has 0 aromatic carbocycles. The van der Waals surface area contributed by atoms with Gasteiger partial charge in [-0.25, -0.2) is 4.79 Å². The van der Waals surface area contributed by atoms with Crippen molar-refractivity contribution in [2.24, 2.45) is 0 Å². The minimum atomic E-state index is -0.448. The Labute approximate surface area is 77.2 Å². The molecule has 0 fully saturated rings. The average molecular weight is 187 g/mol. The number of ether oxygens (including phenoxy) is 1. The van der Waals surface area contributed by atoms with Gasteiger partial charge in [-0.05, 0) is 0 Å². The molecule has 66 valence electrons. The van der Waals surface area contributed by atoms with Gasteiger partial charge < -0.3 is 4.74 Å². The Morgan fingerprint density at radius 1 is 1.58 bits per heavy atom. The predicted molar refractivity (Wildman–Crippen MR) is 50.2 cm³/mol. The quantitative estimate of drug-likeness (QED) is 0.216. The molecule has 0 heterocycles. The molecule has 0 saturated carbocycles. The Morgan fingerprint density at radius 3 is 2.75 bits per heavy atom. The molecular formula is C9H11ClO2. The SMILES string of the molecule is C=CCOC(=O)C(=C)C=CCCl. The number of allylic oxidation sites excluding steroid dienone is 1. The number of halogens is 1. The maximum absolute atomic E-state index is 10.9. The third kappa shape index (κ3) is 4.74. The van der Waals surface area contributed by atoms with E-state index in [0.29, 0.717) is 5.88 Å². The molecule has 2 nitrogen and oxygen atoms in total. The first-order chi connectivity index (χ1) is 5.72. The fraction of sp³-hybridized carbons (Fsp3) is 0.222. The number of hydrogen-bond acceptors (Lipinski definition) is 2. The van der Waals surface area contributed by atoms with Crippen molar-refractivity contribution >= 4 is 17.6 Å². The van der Waals surface area contributed by atoms with Crippen molar-refractivity contribution < 1.29 is 9.53 Å². The zero-order valence-electron chi connectivity index (χ0n) is 6.75. The standard InChI is InChI=1S/C9H11ClO2/c1-3-7-12-9(11)8(2)5-4-6-10/h3-5H,1-2,6-7H2. The van der Waals surface area contributed by atoms with Crippen LogP contribution in [-0.4, -0.2) is 18.5 Å². The summed E-state index contributed by atoms with van der Waals surface area (Å²) in [7, 11) is 0. The van der Waals surface area contributed by atoms with E-state index in [2.05, 4.69) is 13.2 Å². The van der Waals surface area contributed by atoms with Gasteiger partial charge in [0.1, 0.15) is 6.61 Å². The van der Waals surface area contributed by atoms with Gasteiger partial charge in [0.05, 0.1) is 5.57 Å². The normalized spacial score (nSPS) is 9.75. The lowest BCUT2D eigenvalue weighted by Crippen LogP contribution is -2.05. The molecule has 3 heteroatoms. The molecule has 0 aromatic rings. The van der Waals surface area contributed by atoms with Crippen LogP contribution in [0.4, 0.5) is 0 Å². The monoisotopic (exact) mass is 186 g/mol. The van der Waals surface area contributed by atoms with Gasteiger partial charge in [-0.2, -0.15) is 0 Å². The highest BCUT2D eigenvalue weighted by atomic mass is 35.5. The molecule has 0 radical (unpaired) electrons. The molecule has 0 N–H and O–H groups in total. The van der Waals surface area contributed by atoms with Crippen LogP contribution in [0.3, 0.4) is 0 Å². The number of carbonyl (C=O) groups is 1. The molecule has 0 aliphatic heterocycles. The molecule has 0 saturated heterocycles. The molecule has 0 atom stereocenters. The van der Waals surface area contributed by atoms with E-state index in [9.17, 15) is 4.79 Å². The second kappa shape index (κ2) is 6.68. The van der Waals surface area contributed by atoms with E-state index in [1.807, 2.05) is 0 Å². The summed E-state index contributed by atoms with van der Waals surface area (Å²) in [6.45, 7) is 7.10. The maximum atomic E-state index is 10.9. The Bertz CT molecular complexity index is 207. The van der Waals surface area contributed by atoms with E-state index in [1.54, 1.807) is 6.08 Å². The van der Waals surface area contributed by atoms with Crippen LogP contribution in [0.5, 0.6) is 0 Å². The molecule has 12 heavy (non-hydrogen) atoms. The van der Waals surface area contributed by atoms with Gasteiger partial charge in [-0.15, -0.1) is 11.6 Å². The molecule has 0 aromatic heterocycles. The lowest BCUT2D eigenvalue weighted by atomic mass is 10.3. The highest BCUT2D eigenvalue weighted by Gasteiger charge is 2.02. The van der Waals surface area contributed by atoms with Crippen molar-refractivity contribution in [2.45, 2.75) is 0 Å². The third-order valence-electron chi connectivity index (χ3n) is 1.00. The summed E-state index contributed by atoms with van der Waals surface area (Å²) in [6, 6.07) is 0. The summed E-state index contributed by atoms with van der Waals surface area (Å²) in [6.07, 6.45) is 4.65.